The minimum Gasteiger partial charge on any atom is -0.379 e. The number of hydrogen-bond donors (Lipinski definition) is 2. The molecule has 2 rings (SSSR count). The molecular weight excluding hydrogens is 403 g/mol. The van der Waals surface area contributed by atoms with Crippen LogP contribution in [0.5, 0.6) is 0 Å². The molecule has 1 aliphatic heterocycles. The highest BCUT2D eigenvalue weighted by molar-refractivity contribution is 14.0. The third-order valence-electron chi connectivity index (χ3n) is 3.68. The van der Waals surface area contributed by atoms with Gasteiger partial charge in [-0.05, 0) is 12.5 Å². The lowest BCUT2D eigenvalue weighted by molar-refractivity contribution is 0.0180. The van der Waals surface area contributed by atoms with Gasteiger partial charge in [0.25, 0.3) is 0 Å². The number of halogens is 1. The van der Waals surface area contributed by atoms with E-state index in [1.54, 1.807) is 0 Å². The topological polar surface area (TPSA) is 62.9 Å². The summed E-state index contributed by atoms with van der Waals surface area (Å²) >= 11 is 0. The number of rotatable bonds is 6. The summed E-state index contributed by atoms with van der Waals surface area (Å²) in [5, 5.41) is 3.08. The minimum atomic E-state index is 0. The molecule has 23 heavy (non-hydrogen) atoms. The van der Waals surface area contributed by atoms with E-state index in [-0.39, 0.29) is 30.0 Å². The number of ether oxygens (including phenoxy) is 1. The fourth-order valence-electron chi connectivity index (χ4n) is 2.48. The minimum absolute atomic E-state index is 0. The van der Waals surface area contributed by atoms with E-state index in [4.69, 9.17) is 10.5 Å². The SMILES string of the molecule is C=C(C)CNC(N)=NCC(c1ccccc1)N1CCOCC1.I. The highest BCUT2D eigenvalue weighted by atomic mass is 127. The summed E-state index contributed by atoms with van der Waals surface area (Å²) in [6.07, 6.45) is 0. The Morgan fingerprint density at radius 1 is 1.35 bits per heavy atom. The van der Waals surface area contributed by atoms with Gasteiger partial charge >= 0.3 is 0 Å². The molecule has 0 amide bonds. The molecule has 0 saturated carbocycles. The van der Waals surface area contributed by atoms with Gasteiger partial charge in [0, 0.05) is 19.6 Å². The molecule has 1 saturated heterocycles. The van der Waals surface area contributed by atoms with E-state index in [1.807, 2.05) is 13.0 Å². The molecule has 0 spiro atoms. The molecule has 1 atom stereocenters. The maximum absolute atomic E-state index is 5.93. The van der Waals surface area contributed by atoms with Crippen LogP contribution < -0.4 is 11.1 Å². The number of guanidine groups is 1. The third-order valence-corrected chi connectivity index (χ3v) is 3.68. The molecule has 1 heterocycles. The van der Waals surface area contributed by atoms with Crippen molar-refractivity contribution in [2.45, 2.75) is 13.0 Å². The average Bonchev–Trinajstić information content (AvgIpc) is 2.55. The quantitative estimate of drug-likeness (QED) is 0.314. The second kappa shape index (κ2) is 10.6. The van der Waals surface area contributed by atoms with Crippen LogP contribution in [-0.2, 0) is 4.74 Å². The lowest BCUT2D eigenvalue weighted by atomic mass is 10.1. The highest BCUT2D eigenvalue weighted by Crippen LogP contribution is 2.22. The molecule has 3 N–H and O–H groups in total. The number of hydrogen-bond acceptors (Lipinski definition) is 3. The van der Waals surface area contributed by atoms with Crippen molar-refractivity contribution >= 4 is 29.9 Å². The summed E-state index contributed by atoms with van der Waals surface area (Å²) in [7, 11) is 0. The van der Waals surface area contributed by atoms with E-state index in [0.717, 1.165) is 31.9 Å². The molecule has 128 valence electrons. The molecule has 0 aliphatic carbocycles. The molecule has 1 aliphatic rings. The average molecular weight is 430 g/mol. The van der Waals surface area contributed by atoms with Crippen LogP contribution in [0.2, 0.25) is 0 Å². The highest BCUT2D eigenvalue weighted by Gasteiger charge is 2.22. The molecule has 1 unspecified atom stereocenters. The van der Waals surface area contributed by atoms with Crippen LogP contribution in [0.15, 0.2) is 47.5 Å². The van der Waals surface area contributed by atoms with E-state index in [2.05, 4.69) is 46.1 Å². The van der Waals surface area contributed by atoms with Gasteiger partial charge < -0.3 is 15.8 Å². The Kier molecular flexibility index (Phi) is 9.20. The zero-order valence-corrected chi connectivity index (χ0v) is 16.0. The smallest absolute Gasteiger partial charge is 0.188 e. The molecule has 1 fully saturated rings. The summed E-state index contributed by atoms with van der Waals surface area (Å²) in [5.74, 6) is 0.470. The van der Waals surface area contributed by atoms with E-state index >= 15 is 0 Å². The Labute approximate surface area is 156 Å². The molecule has 6 heteroatoms. The Morgan fingerprint density at radius 2 is 2.00 bits per heavy atom. The van der Waals surface area contributed by atoms with Crippen LogP contribution in [0.4, 0.5) is 0 Å². The van der Waals surface area contributed by atoms with Crippen molar-refractivity contribution < 1.29 is 4.74 Å². The predicted octanol–water partition coefficient (Wildman–Crippen LogP) is 2.16. The standard InChI is InChI=1S/C17H26N4O.HI/c1-14(2)12-19-17(18)20-13-16(15-6-4-3-5-7-15)21-8-10-22-11-9-21;/h3-7,16H,1,8-13H2,2H3,(H3,18,19,20);1H. The van der Waals surface area contributed by atoms with Crippen molar-refractivity contribution in [3.05, 3.63) is 48.0 Å². The maximum atomic E-state index is 5.93. The molecule has 0 aromatic heterocycles. The van der Waals surface area contributed by atoms with Gasteiger partial charge in [-0.25, -0.2) is 0 Å². The lowest BCUT2D eigenvalue weighted by Crippen LogP contribution is -2.41. The molecule has 0 bridgehead atoms. The monoisotopic (exact) mass is 430 g/mol. The van der Waals surface area contributed by atoms with E-state index in [0.29, 0.717) is 19.0 Å². The Morgan fingerprint density at radius 3 is 2.61 bits per heavy atom. The summed E-state index contributed by atoms with van der Waals surface area (Å²) in [4.78, 5) is 6.92. The van der Waals surface area contributed by atoms with E-state index < -0.39 is 0 Å². The molecule has 1 aromatic carbocycles. The third kappa shape index (κ3) is 6.88. The van der Waals surface area contributed by atoms with Gasteiger partial charge in [-0.15, -0.1) is 24.0 Å². The molecule has 0 radical (unpaired) electrons. The number of morpholine rings is 1. The first-order chi connectivity index (χ1) is 10.7. The Balaban J connectivity index is 0.00000264. The van der Waals surface area contributed by atoms with Gasteiger partial charge in [0.15, 0.2) is 5.96 Å². The summed E-state index contributed by atoms with van der Waals surface area (Å²) in [5.41, 5.74) is 8.23. The van der Waals surface area contributed by atoms with Crippen molar-refractivity contribution in [2.75, 3.05) is 39.4 Å². The molecule has 5 nitrogen and oxygen atoms in total. The van der Waals surface area contributed by atoms with Gasteiger partial charge in [-0.2, -0.15) is 0 Å². The Hall–Kier alpha value is -1.12. The van der Waals surface area contributed by atoms with Crippen LogP contribution in [0, 0.1) is 0 Å². The van der Waals surface area contributed by atoms with Gasteiger partial charge in [-0.1, -0.05) is 42.5 Å². The normalized spacial score (nSPS) is 17.2. The predicted molar refractivity (Wildman–Crippen MR) is 106 cm³/mol. The van der Waals surface area contributed by atoms with Gasteiger partial charge in [-0.3, -0.25) is 9.89 Å². The number of nitrogens with one attached hydrogen (secondary N) is 1. The van der Waals surface area contributed by atoms with Gasteiger partial charge in [0.05, 0.1) is 25.8 Å². The zero-order valence-electron chi connectivity index (χ0n) is 13.7. The maximum Gasteiger partial charge on any atom is 0.188 e. The second-order valence-corrected chi connectivity index (χ2v) is 5.61. The number of nitrogens with two attached hydrogens (primary N) is 1. The number of benzene rings is 1. The number of aliphatic imine (C=N–C) groups is 1. The fraction of sp³-hybridized carbons (Fsp3) is 0.471. The van der Waals surface area contributed by atoms with E-state index in [9.17, 15) is 0 Å². The molecule has 1 aromatic rings. The first-order valence-electron chi connectivity index (χ1n) is 7.71. The lowest BCUT2D eigenvalue weighted by Gasteiger charge is -2.34. The van der Waals surface area contributed by atoms with Crippen molar-refractivity contribution in [3.8, 4) is 0 Å². The van der Waals surface area contributed by atoms with Crippen LogP contribution in [-0.4, -0.2) is 50.3 Å². The summed E-state index contributed by atoms with van der Waals surface area (Å²) in [6.45, 7) is 10.5. The van der Waals surface area contributed by atoms with Crippen LogP contribution in [0.25, 0.3) is 0 Å². The van der Waals surface area contributed by atoms with Gasteiger partial charge in [0.1, 0.15) is 0 Å². The van der Waals surface area contributed by atoms with Gasteiger partial charge in [0.2, 0.25) is 0 Å². The first-order valence-corrected chi connectivity index (χ1v) is 7.71. The molecular formula is C17H27IN4O. The summed E-state index contributed by atoms with van der Waals surface area (Å²) in [6, 6.07) is 10.7. The van der Waals surface area contributed by atoms with Crippen molar-refractivity contribution in [3.63, 3.8) is 0 Å². The van der Waals surface area contributed by atoms with E-state index in [1.165, 1.54) is 5.56 Å². The van der Waals surface area contributed by atoms with Crippen LogP contribution in [0.3, 0.4) is 0 Å². The number of nitrogens with zero attached hydrogens (tertiary/aromatic N) is 2. The van der Waals surface area contributed by atoms with Crippen molar-refractivity contribution in [2.24, 2.45) is 10.7 Å². The van der Waals surface area contributed by atoms with Crippen LogP contribution in [0.1, 0.15) is 18.5 Å². The van der Waals surface area contributed by atoms with Crippen molar-refractivity contribution in [1.82, 2.24) is 10.2 Å². The van der Waals surface area contributed by atoms with Crippen LogP contribution >= 0.6 is 24.0 Å². The fourth-order valence-corrected chi connectivity index (χ4v) is 2.48. The van der Waals surface area contributed by atoms with Crippen molar-refractivity contribution in [1.29, 1.82) is 0 Å². The largest absolute Gasteiger partial charge is 0.379 e. The Bertz CT molecular complexity index is 501. The zero-order chi connectivity index (χ0) is 15.8. The second-order valence-electron chi connectivity index (χ2n) is 5.61. The summed E-state index contributed by atoms with van der Waals surface area (Å²) < 4.78 is 5.45. The first kappa shape index (κ1) is 19.9.